The number of rotatable bonds is 3. The predicted molar refractivity (Wildman–Crippen MR) is 77.0 cm³/mol. The standard InChI is InChI=1S/C16H15NO3/c1-17-12(8-11-4-2-7-15(19)16(11)17)10-20-14-6-3-5-13(18)9-14/h2-9,18-19H,10H2,1H3. The summed E-state index contributed by atoms with van der Waals surface area (Å²) in [5.41, 5.74) is 1.74. The average molecular weight is 269 g/mol. The topological polar surface area (TPSA) is 54.6 Å². The number of benzene rings is 2. The molecule has 0 radical (unpaired) electrons. The summed E-state index contributed by atoms with van der Waals surface area (Å²) in [6.45, 7) is 0.369. The van der Waals surface area contributed by atoms with Gasteiger partial charge in [0.2, 0.25) is 0 Å². The van der Waals surface area contributed by atoms with Gasteiger partial charge in [0.15, 0.2) is 0 Å². The summed E-state index contributed by atoms with van der Waals surface area (Å²) in [4.78, 5) is 0. The van der Waals surface area contributed by atoms with E-state index in [9.17, 15) is 10.2 Å². The lowest BCUT2D eigenvalue weighted by Gasteiger charge is -2.08. The van der Waals surface area contributed by atoms with E-state index in [1.54, 1.807) is 30.3 Å². The van der Waals surface area contributed by atoms with Gasteiger partial charge in [-0.1, -0.05) is 18.2 Å². The van der Waals surface area contributed by atoms with Crippen molar-refractivity contribution >= 4 is 10.9 Å². The van der Waals surface area contributed by atoms with E-state index in [0.29, 0.717) is 12.4 Å². The van der Waals surface area contributed by atoms with E-state index in [4.69, 9.17) is 4.74 Å². The third kappa shape index (κ3) is 2.16. The first-order chi connectivity index (χ1) is 9.65. The third-order valence-corrected chi connectivity index (χ3v) is 3.34. The molecule has 0 fully saturated rings. The Labute approximate surface area is 116 Å². The number of para-hydroxylation sites is 1. The fraction of sp³-hybridized carbons (Fsp3) is 0.125. The molecule has 0 aliphatic rings. The van der Waals surface area contributed by atoms with E-state index >= 15 is 0 Å². The summed E-state index contributed by atoms with van der Waals surface area (Å²) in [5.74, 6) is 1.05. The molecule has 2 aromatic carbocycles. The number of ether oxygens (including phenoxy) is 1. The van der Waals surface area contributed by atoms with Crippen LogP contribution in [0.1, 0.15) is 5.69 Å². The zero-order valence-corrected chi connectivity index (χ0v) is 11.1. The van der Waals surface area contributed by atoms with Crippen molar-refractivity contribution < 1.29 is 14.9 Å². The first-order valence-electron chi connectivity index (χ1n) is 6.33. The minimum Gasteiger partial charge on any atom is -0.508 e. The zero-order valence-electron chi connectivity index (χ0n) is 11.1. The number of hydrogen-bond donors (Lipinski definition) is 2. The summed E-state index contributed by atoms with van der Waals surface area (Å²) in [6, 6.07) is 14.1. The van der Waals surface area contributed by atoms with Gasteiger partial charge >= 0.3 is 0 Å². The Hall–Kier alpha value is -2.62. The van der Waals surface area contributed by atoms with Crippen LogP contribution in [0.25, 0.3) is 10.9 Å². The number of aromatic nitrogens is 1. The Kier molecular flexibility index (Phi) is 2.99. The highest BCUT2D eigenvalue weighted by molar-refractivity contribution is 5.86. The van der Waals surface area contributed by atoms with Crippen LogP contribution in [0.4, 0.5) is 0 Å². The van der Waals surface area contributed by atoms with Gasteiger partial charge in [-0.2, -0.15) is 0 Å². The minimum absolute atomic E-state index is 0.178. The molecule has 0 atom stereocenters. The second-order valence-electron chi connectivity index (χ2n) is 4.70. The number of phenolic OH excluding ortho intramolecular Hbond substituents is 2. The zero-order chi connectivity index (χ0) is 14.1. The summed E-state index contributed by atoms with van der Waals surface area (Å²) in [7, 11) is 1.89. The maximum Gasteiger partial charge on any atom is 0.139 e. The third-order valence-electron chi connectivity index (χ3n) is 3.34. The van der Waals surface area contributed by atoms with Crippen LogP contribution in [0.15, 0.2) is 48.5 Å². The monoisotopic (exact) mass is 269 g/mol. The van der Waals surface area contributed by atoms with Crippen molar-refractivity contribution in [2.24, 2.45) is 7.05 Å². The van der Waals surface area contributed by atoms with E-state index in [0.717, 1.165) is 16.6 Å². The van der Waals surface area contributed by atoms with Crippen LogP contribution in [0.2, 0.25) is 0 Å². The van der Waals surface area contributed by atoms with Gasteiger partial charge < -0.3 is 19.5 Å². The molecular weight excluding hydrogens is 254 g/mol. The van der Waals surface area contributed by atoms with Crippen molar-refractivity contribution in [2.75, 3.05) is 0 Å². The van der Waals surface area contributed by atoms with Crippen molar-refractivity contribution in [3.05, 3.63) is 54.2 Å². The van der Waals surface area contributed by atoms with Gasteiger partial charge in [-0.05, 0) is 24.3 Å². The van der Waals surface area contributed by atoms with Gasteiger partial charge in [0.1, 0.15) is 23.9 Å². The second-order valence-corrected chi connectivity index (χ2v) is 4.70. The molecule has 0 aliphatic heterocycles. The number of hydrogen-bond acceptors (Lipinski definition) is 3. The average Bonchev–Trinajstić information content (AvgIpc) is 2.75. The lowest BCUT2D eigenvalue weighted by molar-refractivity contribution is 0.296. The maximum atomic E-state index is 9.89. The summed E-state index contributed by atoms with van der Waals surface area (Å²) >= 11 is 0. The van der Waals surface area contributed by atoms with Crippen LogP contribution in [0.5, 0.6) is 17.2 Å². The SMILES string of the molecule is Cn1c(COc2cccc(O)c2)cc2cccc(O)c21. The highest BCUT2D eigenvalue weighted by Crippen LogP contribution is 2.28. The lowest BCUT2D eigenvalue weighted by atomic mass is 10.2. The van der Waals surface area contributed by atoms with Crippen LogP contribution >= 0.6 is 0 Å². The molecule has 20 heavy (non-hydrogen) atoms. The Morgan fingerprint density at radius 1 is 1.05 bits per heavy atom. The van der Waals surface area contributed by atoms with Crippen molar-refractivity contribution in [3.63, 3.8) is 0 Å². The Balaban J connectivity index is 1.88. The Morgan fingerprint density at radius 3 is 2.60 bits per heavy atom. The van der Waals surface area contributed by atoms with Crippen molar-refractivity contribution in [1.82, 2.24) is 4.57 Å². The summed E-state index contributed by atoms with van der Waals surface area (Å²) in [5, 5.41) is 20.3. The van der Waals surface area contributed by atoms with Crippen molar-refractivity contribution in [3.8, 4) is 17.2 Å². The van der Waals surface area contributed by atoms with Gasteiger partial charge in [-0.25, -0.2) is 0 Å². The van der Waals surface area contributed by atoms with E-state index in [1.807, 2.05) is 29.8 Å². The normalized spacial score (nSPS) is 10.8. The first kappa shape index (κ1) is 12.4. The molecule has 1 aromatic heterocycles. The van der Waals surface area contributed by atoms with Crippen LogP contribution in [-0.4, -0.2) is 14.8 Å². The van der Waals surface area contributed by atoms with Crippen molar-refractivity contribution in [2.45, 2.75) is 6.61 Å². The molecule has 3 rings (SSSR count). The molecule has 0 amide bonds. The molecule has 0 saturated carbocycles. The maximum absolute atomic E-state index is 9.89. The number of fused-ring (bicyclic) bond motifs is 1. The molecule has 3 aromatic rings. The highest BCUT2D eigenvalue weighted by Gasteiger charge is 2.09. The van der Waals surface area contributed by atoms with Crippen molar-refractivity contribution in [1.29, 1.82) is 0 Å². The number of aromatic hydroxyl groups is 2. The number of phenols is 2. The van der Waals surface area contributed by atoms with Gasteiger partial charge in [0.05, 0.1) is 11.2 Å². The summed E-state index contributed by atoms with van der Waals surface area (Å²) < 4.78 is 7.57. The van der Waals surface area contributed by atoms with Crippen LogP contribution in [0.3, 0.4) is 0 Å². The van der Waals surface area contributed by atoms with E-state index < -0.39 is 0 Å². The van der Waals surface area contributed by atoms with E-state index in [2.05, 4.69) is 0 Å². The van der Waals surface area contributed by atoms with Gasteiger partial charge in [0, 0.05) is 18.5 Å². The molecule has 102 valence electrons. The molecule has 0 bridgehead atoms. The molecule has 4 heteroatoms. The molecule has 0 unspecified atom stereocenters. The molecule has 0 aliphatic carbocycles. The quantitative estimate of drug-likeness (QED) is 0.768. The van der Waals surface area contributed by atoms with Gasteiger partial charge in [0.25, 0.3) is 0 Å². The molecule has 2 N–H and O–H groups in total. The number of aryl methyl sites for hydroxylation is 1. The second kappa shape index (κ2) is 4.81. The Bertz CT molecular complexity index is 762. The van der Waals surface area contributed by atoms with E-state index in [-0.39, 0.29) is 11.5 Å². The molecule has 0 saturated heterocycles. The van der Waals surface area contributed by atoms with Crippen LogP contribution in [-0.2, 0) is 13.7 Å². The van der Waals surface area contributed by atoms with Gasteiger partial charge in [-0.3, -0.25) is 0 Å². The van der Waals surface area contributed by atoms with Crippen LogP contribution in [0, 0.1) is 0 Å². The largest absolute Gasteiger partial charge is 0.508 e. The molecule has 0 spiro atoms. The van der Waals surface area contributed by atoms with E-state index in [1.165, 1.54) is 0 Å². The Morgan fingerprint density at radius 2 is 1.85 bits per heavy atom. The first-order valence-corrected chi connectivity index (χ1v) is 6.33. The molecule has 4 nitrogen and oxygen atoms in total. The van der Waals surface area contributed by atoms with Crippen LogP contribution < -0.4 is 4.74 Å². The minimum atomic E-state index is 0.178. The smallest absolute Gasteiger partial charge is 0.139 e. The number of nitrogens with zero attached hydrogens (tertiary/aromatic N) is 1. The highest BCUT2D eigenvalue weighted by atomic mass is 16.5. The summed E-state index contributed by atoms with van der Waals surface area (Å²) in [6.07, 6.45) is 0. The predicted octanol–water partition coefficient (Wildman–Crippen LogP) is 3.17. The molecular formula is C16H15NO3. The fourth-order valence-corrected chi connectivity index (χ4v) is 2.32. The van der Waals surface area contributed by atoms with Gasteiger partial charge in [-0.15, -0.1) is 0 Å². The fourth-order valence-electron chi connectivity index (χ4n) is 2.32. The molecule has 1 heterocycles. The lowest BCUT2D eigenvalue weighted by Crippen LogP contribution is -2.01.